The monoisotopic (exact) mass is 293 g/mol. The van der Waals surface area contributed by atoms with E-state index in [-0.39, 0.29) is 0 Å². The summed E-state index contributed by atoms with van der Waals surface area (Å²) in [5, 5.41) is 3.60. The number of hydrogen-bond donors (Lipinski definition) is 1. The zero-order chi connectivity index (χ0) is 14.4. The van der Waals surface area contributed by atoms with E-state index in [1.807, 2.05) is 24.3 Å². The molecule has 0 aliphatic carbocycles. The smallest absolute Gasteiger partial charge is 0.158 e. The standard InChI is InChI=1S/C14H16ClN3O2/c1-19-9-14-17-12(15)7-13(18-14)16-8-10-3-5-11(20-2)6-4-10/h3-7H,8-9H2,1-2H3,(H,16,17,18). The Kier molecular flexibility index (Phi) is 5.15. The van der Waals surface area contributed by atoms with Crippen molar-refractivity contribution in [1.29, 1.82) is 0 Å². The van der Waals surface area contributed by atoms with Gasteiger partial charge < -0.3 is 14.8 Å². The lowest BCUT2D eigenvalue weighted by molar-refractivity contribution is 0.178. The van der Waals surface area contributed by atoms with Gasteiger partial charge in [0.15, 0.2) is 5.82 Å². The van der Waals surface area contributed by atoms with Crippen molar-refractivity contribution in [3.8, 4) is 5.75 Å². The molecule has 0 radical (unpaired) electrons. The largest absolute Gasteiger partial charge is 0.497 e. The highest BCUT2D eigenvalue weighted by Crippen LogP contribution is 2.15. The number of halogens is 1. The number of methoxy groups -OCH3 is 2. The number of nitrogens with zero attached hydrogens (tertiary/aromatic N) is 2. The number of anilines is 1. The third-order valence-electron chi connectivity index (χ3n) is 2.65. The Labute approximate surface area is 122 Å². The molecule has 0 aliphatic heterocycles. The molecule has 0 spiro atoms. The minimum Gasteiger partial charge on any atom is -0.497 e. The van der Waals surface area contributed by atoms with Crippen LogP contribution in [0.15, 0.2) is 30.3 Å². The third-order valence-corrected chi connectivity index (χ3v) is 2.84. The average molecular weight is 294 g/mol. The van der Waals surface area contributed by atoms with Gasteiger partial charge in [-0.25, -0.2) is 9.97 Å². The minimum atomic E-state index is 0.331. The fourth-order valence-corrected chi connectivity index (χ4v) is 1.89. The van der Waals surface area contributed by atoms with Gasteiger partial charge in [-0.15, -0.1) is 0 Å². The number of ether oxygens (including phenoxy) is 2. The summed E-state index contributed by atoms with van der Waals surface area (Å²) >= 11 is 5.94. The number of nitrogens with one attached hydrogen (secondary N) is 1. The maximum Gasteiger partial charge on any atom is 0.158 e. The first-order valence-electron chi connectivity index (χ1n) is 6.10. The molecule has 1 aromatic heterocycles. The van der Waals surface area contributed by atoms with Crippen molar-refractivity contribution >= 4 is 17.4 Å². The summed E-state index contributed by atoms with van der Waals surface area (Å²) < 4.78 is 10.1. The van der Waals surface area contributed by atoms with Gasteiger partial charge in [-0.05, 0) is 17.7 Å². The number of rotatable bonds is 6. The van der Waals surface area contributed by atoms with Crippen molar-refractivity contribution < 1.29 is 9.47 Å². The topological polar surface area (TPSA) is 56.3 Å². The Morgan fingerprint density at radius 2 is 1.90 bits per heavy atom. The highest BCUT2D eigenvalue weighted by Gasteiger charge is 2.03. The van der Waals surface area contributed by atoms with Crippen LogP contribution in [0.25, 0.3) is 0 Å². The van der Waals surface area contributed by atoms with E-state index >= 15 is 0 Å². The maximum absolute atomic E-state index is 5.94. The molecule has 0 atom stereocenters. The first kappa shape index (κ1) is 14.6. The van der Waals surface area contributed by atoms with E-state index in [9.17, 15) is 0 Å². The molecule has 1 N–H and O–H groups in total. The van der Waals surface area contributed by atoms with E-state index in [0.717, 1.165) is 11.3 Å². The van der Waals surface area contributed by atoms with Gasteiger partial charge in [-0.1, -0.05) is 23.7 Å². The van der Waals surface area contributed by atoms with E-state index in [4.69, 9.17) is 21.1 Å². The van der Waals surface area contributed by atoms with Crippen molar-refractivity contribution in [3.63, 3.8) is 0 Å². The predicted molar refractivity (Wildman–Crippen MR) is 78.1 cm³/mol. The van der Waals surface area contributed by atoms with Crippen LogP contribution in [0.4, 0.5) is 5.82 Å². The van der Waals surface area contributed by atoms with Crippen LogP contribution >= 0.6 is 11.6 Å². The fourth-order valence-electron chi connectivity index (χ4n) is 1.68. The summed E-state index contributed by atoms with van der Waals surface area (Å²) in [7, 11) is 3.24. The second-order valence-electron chi connectivity index (χ2n) is 4.13. The van der Waals surface area contributed by atoms with Crippen LogP contribution in [0.3, 0.4) is 0 Å². The molecular formula is C14H16ClN3O2. The molecule has 20 heavy (non-hydrogen) atoms. The Morgan fingerprint density at radius 1 is 1.15 bits per heavy atom. The Bertz CT molecular complexity index is 561. The molecule has 0 saturated carbocycles. The molecule has 0 amide bonds. The normalized spacial score (nSPS) is 10.3. The Hall–Kier alpha value is -1.85. The summed E-state index contributed by atoms with van der Waals surface area (Å²) in [5.74, 6) is 2.06. The first-order chi connectivity index (χ1) is 9.71. The molecule has 2 aromatic rings. The van der Waals surface area contributed by atoms with Crippen LogP contribution < -0.4 is 10.1 Å². The SMILES string of the molecule is COCc1nc(Cl)cc(NCc2ccc(OC)cc2)n1. The Balaban J connectivity index is 2.02. The molecule has 0 unspecified atom stereocenters. The molecule has 5 nitrogen and oxygen atoms in total. The molecule has 6 heteroatoms. The molecule has 0 fully saturated rings. The van der Waals surface area contributed by atoms with Gasteiger partial charge in [0.05, 0.1) is 7.11 Å². The van der Waals surface area contributed by atoms with Crippen LogP contribution in [0.5, 0.6) is 5.75 Å². The van der Waals surface area contributed by atoms with Crippen LogP contribution in [-0.4, -0.2) is 24.2 Å². The summed E-state index contributed by atoms with van der Waals surface area (Å²) in [6.45, 7) is 0.974. The van der Waals surface area contributed by atoms with Crippen molar-refractivity contribution in [2.45, 2.75) is 13.2 Å². The van der Waals surface area contributed by atoms with Crippen LogP contribution in [-0.2, 0) is 17.9 Å². The van der Waals surface area contributed by atoms with Crippen molar-refractivity contribution in [1.82, 2.24) is 9.97 Å². The lowest BCUT2D eigenvalue weighted by atomic mass is 10.2. The predicted octanol–water partition coefficient (Wildman–Crippen LogP) is 2.90. The lowest BCUT2D eigenvalue weighted by Crippen LogP contribution is -2.05. The molecule has 1 heterocycles. The van der Waals surface area contributed by atoms with Gasteiger partial charge in [0.2, 0.25) is 0 Å². The summed E-state index contributed by atoms with van der Waals surface area (Å²) in [5.41, 5.74) is 1.12. The van der Waals surface area contributed by atoms with E-state index < -0.39 is 0 Å². The zero-order valence-electron chi connectivity index (χ0n) is 11.4. The quantitative estimate of drug-likeness (QED) is 0.830. The van der Waals surface area contributed by atoms with E-state index in [0.29, 0.717) is 29.9 Å². The minimum absolute atomic E-state index is 0.331. The highest BCUT2D eigenvalue weighted by atomic mass is 35.5. The second kappa shape index (κ2) is 7.07. The van der Waals surface area contributed by atoms with E-state index in [2.05, 4.69) is 15.3 Å². The van der Waals surface area contributed by atoms with Crippen molar-refractivity contribution in [2.24, 2.45) is 0 Å². The molecular weight excluding hydrogens is 278 g/mol. The average Bonchev–Trinajstić information content (AvgIpc) is 2.45. The molecule has 0 bridgehead atoms. The van der Waals surface area contributed by atoms with Crippen molar-refractivity contribution in [2.75, 3.05) is 19.5 Å². The molecule has 2 rings (SSSR count). The number of hydrogen-bond acceptors (Lipinski definition) is 5. The van der Waals surface area contributed by atoms with Gasteiger partial charge in [0, 0.05) is 19.7 Å². The van der Waals surface area contributed by atoms with E-state index in [1.165, 1.54) is 0 Å². The summed E-state index contributed by atoms with van der Waals surface area (Å²) in [6, 6.07) is 9.50. The van der Waals surface area contributed by atoms with Gasteiger partial charge >= 0.3 is 0 Å². The molecule has 0 aliphatic rings. The summed E-state index contributed by atoms with van der Waals surface area (Å²) in [4.78, 5) is 8.39. The van der Waals surface area contributed by atoms with Crippen LogP contribution in [0.2, 0.25) is 5.15 Å². The first-order valence-corrected chi connectivity index (χ1v) is 6.48. The maximum atomic E-state index is 5.94. The number of aromatic nitrogens is 2. The van der Waals surface area contributed by atoms with Gasteiger partial charge in [-0.3, -0.25) is 0 Å². The number of benzene rings is 1. The van der Waals surface area contributed by atoms with Gasteiger partial charge in [-0.2, -0.15) is 0 Å². The van der Waals surface area contributed by atoms with E-state index in [1.54, 1.807) is 20.3 Å². The Morgan fingerprint density at radius 3 is 2.55 bits per heavy atom. The van der Waals surface area contributed by atoms with Gasteiger partial charge in [0.1, 0.15) is 23.3 Å². The second-order valence-corrected chi connectivity index (χ2v) is 4.51. The van der Waals surface area contributed by atoms with Gasteiger partial charge in [0.25, 0.3) is 0 Å². The summed E-state index contributed by atoms with van der Waals surface area (Å²) in [6.07, 6.45) is 0. The molecule has 106 valence electrons. The van der Waals surface area contributed by atoms with Crippen LogP contribution in [0, 0.1) is 0 Å². The third kappa shape index (κ3) is 4.08. The van der Waals surface area contributed by atoms with Crippen LogP contribution in [0.1, 0.15) is 11.4 Å². The highest BCUT2D eigenvalue weighted by molar-refractivity contribution is 6.29. The fraction of sp³-hybridized carbons (Fsp3) is 0.286. The molecule has 1 aromatic carbocycles. The van der Waals surface area contributed by atoms with Crippen molar-refractivity contribution in [3.05, 3.63) is 46.9 Å². The molecule has 0 saturated heterocycles. The zero-order valence-corrected chi connectivity index (χ0v) is 12.1. The lowest BCUT2D eigenvalue weighted by Gasteiger charge is -2.08.